The second-order valence-electron chi connectivity index (χ2n) is 7.92. The second-order valence-corrected chi connectivity index (χ2v) is 8.30. The summed E-state index contributed by atoms with van der Waals surface area (Å²) in [5.41, 5.74) is 13.8. The van der Waals surface area contributed by atoms with Crippen LogP contribution >= 0.6 is 11.6 Å². The van der Waals surface area contributed by atoms with Gasteiger partial charge in [0.2, 0.25) is 0 Å². The molecule has 0 unspecified atom stereocenters. The zero-order chi connectivity index (χ0) is 23.5. The van der Waals surface area contributed by atoms with E-state index in [0.717, 1.165) is 30.5 Å². The molecule has 4 rings (SSSR count). The third-order valence-corrected chi connectivity index (χ3v) is 6.09. The number of hydrogen-bond acceptors (Lipinski definition) is 5. The fourth-order valence-corrected chi connectivity index (χ4v) is 3.88. The third kappa shape index (κ3) is 5.07. The Kier molecular flexibility index (Phi) is 6.76. The molecule has 3 aromatic rings. The zero-order valence-corrected chi connectivity index (χ0v) is 18.5. The molecule has 9 heteroatoms. The Balaban J connectivity index is 1.49. The maximum absolute atomic E-state index is 14.0. The van der Waals surface area contributed by atoms with Crippen LogP contribution in [-0.2, 0) is 6.61 Å². The molecular formula is C24H23ClF2N4O2. The van der Waals surface area contributed by atoms with Crippen LogP contribution in [0.25, 0.3) is 11.1 Å². The van der Waals surface area contributed by atoms with Crippen LogP contribution in [0.3, 0.4) is 0 Å². The van der Waals surface area contributed by atoms with Gasteiger partial charge in [0.25, 0.3) is 5.91 Å². The van der Waals surface area contributed by atoms with Crippen molar-refractivity contribution >= 4 is 23.3 Å². The minimum absolute atomic E-state index is 0.0260. The summed E-state index contributed by atoms with van der Waals surface area (Å²) in [6.45, 7) is 0.991. The molecule has 0 radical (unpaired) electrons. The molecule has 0 saturated carbocycles. The van der Waals surface area contributed by atoms with Crippen molar-refractivity contribution in [2.75, 3.05) is 18.8 Å². The molecule has 33 heavy (non-hydrogen) atoms. The van der Waals surface area contributed by atoms with Crippen molar-refractivity contribution in [3.05, 3.63) is 76.4 Å². The number of carbonyl (C=O) groups is 1. The molecule has 1 saturated heterocycles. The van der Waals surface area contributed by atoms with Crippen molar-refractivity contribution in [2.24, 2.45) is 5.73 Å². The number of rotatable bonds is 5. The lowest BCUT2D eigenvalue weighted by Gasteiger charge is -2.30. The van der Waals surface area contributed by atoms with E-state index >= 15 is 0 Å². The van der Waals surface area contributed by atoms with Gasteiger partial charge < -0.3 is 21.1 Å². The molecule has 2 aromatic carbocycles. The third-order valence-electron chi connectivity index (χ3n) is 5.68. The molecule has 6 nitrogen and oxygen atoms in total. The van der Waals surface area contributed by atoms with Crippen molar-refractivity contribution in [3.8, 4) is 16.9 Å². The van der Waals surface area contributed by atoms with Crippen LogP contribution in [0.2, 0.25) is 5.02 Å². The molecule has 172 valence electrons. The number of nitrogens with two attached hydrogens (primary N) is 2. The Morgan fingerprint density at radius 1 is 1.09 bits per heavy atom. The van der Waals surface area contributed by atoms with E-state index in [1.165, 1.54) is 0 Å². The van der Waals surface area contributed by atoms with Crippen molar-refractivity contribution < 1.29 is 18.3 Å². The van der Waals surface area contributed by atoms with Gasteiger partial charge in [-0.25, -0.2) is 13.8 Å². The predicted octanol–water partition coefficient (Wildman–Crippen LogP) is 4.40. The van der Waals surface area contributed by atoms with Crippen LogP contribution in [0.15, 0.2) is 48.7 Å². The number of hydrogen-bond donors (Lipinski definition) is 2. The summed E-state index contributed by atoms with van der Waals surface area (Å²) < 4.78 is 33.3. The van der Waals surface area contributed by atoms with E-state index in [1.807, 2.05) is 17.0 Å². The number of likely N-dealkylation sites (tertiary alicyclic amines) is 1. The monoisotopic (exact) mass is 472 g/mol. The van der Waals surface area contributed by atoms with Crippen molar-refractivity contribution in [2.45, 2.75) is 25.5 Å². The molecule has 1 aliphatic heterocycles. The molecule has 2 heterocycles. The van der Waals surface area contributed by atoms with Gasteiger partial charge in [0, 0.05) is 42.0 Å². The summed E-state index contributed by atoms with van der Waals surface area (Å²) in [5.74, 6) is -1.14. The minimum Gasteiger partial charge on any atom is -0.485 e. The molecule has 4 N–H and O–H groups in total. The summed E-state index contributed by atoms with van der Waals surface area (Å²) >= 11 is 5.86. The summed E-state index contributed by atoms with van der Waals surface area (Å²) in [4.78, 5) is 18.7. The quantitative estimate of drug-likeness (QED) is 0.536. The minimum atomic E-state index is -0.737. The van der Waals surface area contributed by atoms with E-state index in [-0.39, 0.29) is 40.7 Å². The maximum atomic E-state index is 14.0. The lowest BCUT2D eigenvalue weighted by molar-refractivity contribution is 0.0715. The summed E-state index contributed by atoms with van der Waals surface area (Å²) in [5, 5.41) is -0.339. The molecule has 0 aliphatic carbocycles. The first-order chi connectivity index (χ1) is 15.8. The number of piperidine rings is 1. The predicted molar refractivity (Wildman–Crippen MR) is 123 cm³/mol. The SMILES string of the molecule is Nc1ncc(-c2ccc(C(=O)N3CCC(N)CC3)cc2)cc1OCc1c(F)ccc(F)c1Cl. The van der Waals surface area contributed by atoms with Crippen molar-refractivity contribution in [3.63, 3.8) is 0 Å². The Bertz CT molecular complexity index is 1170. The topological polar surface area (TPSA) is 94.5 Å². The van der Waals surface area contributed by atoms with Gasteiger partial charge in [-0.05, 0) is 48.7 Å². The highest BCUT2D eigenvalue weighted by Crippen LogP contribution is 2.30. The van der Waals surface area contributed by atoms with E-state index in [1.54, 1.807) is 24.4 Å². The average Bonchev–Trinajstić information content (AvgIpc) is 2.83. The number of nitrogens with zero attached hydrogens (tertiary/aromatic N) is 2. The molecule has 0 spiro atoms. The highest BCUT2D eigenvalue weighted by atomic mass is 35.5. The van der Waals surface area contributed by atoms with E-state index in [9.17, 15) is 13.6 Å². The van der Waals surface area contributed by atoms with Crippen molar-refractivity contribution in [1.29, 1.82) is 0 Å². The Morgan fingerprint density at radius 3 is 2.45 bits per heavy atom. The normalized spacial score (nSPS) is 14.4. The van der Waals surface area contributed by atoms with E-state index < -0.39 is 11.6 Å². The maximum Gasteiger partial charge on any atom is 0.253 e. The largest absolute Gasteiger partial charge is 0.485 e. The van der Waals surface area contributed by atoms with Gasteiger partial charge in [0.05, 0.1) is 5.02 Å². The molecule has 0 bridgehead atoms. The molecule has 1 aromatic heterocycles. The number of ether oxygens (including phenoxy) is 1. The Morgan fingerprint density at radius 2 is 1.76 bits per heavy atom. The van der Waals surface area contributed by atoms with Gasteiger partial charge >= 0.3 is 0 Å². The number of pyridine rings is 1. The van der Waals surface area contributed by atoms with Gasteiger partial charge in [-0.15, -0.1) is 0 Å². The van der Waals surface area contributed by atoms with E-state index in [2.05, 4.69) is 4.98 Å². The number of carbonyl (C=O) groups excluding carboxylic acids is 1. The molecule has 0 atom stereocenters. The van der Waals surface area contributed by atoms with Crippen molar-refractivity contribution in [1.82, 2.24) is 9.88 Å². The Labute approximate surface area is 195 Å². The van der Waals surface area contributed by atoms with Crippen LogP contribution in [0.4, 0.5) is 14.6 Å². The smallest absolute Gasteiger partial charge is 0.253 e. The first kappa shape index (κ1) is 22.9. The first-order valence-corrected chi connectivity index (χ1v) is 10.9. The lowest BCUT2D eigenvalue weighted by Crippen LogP contribution is -2.42. The van der Waals surface area contributed by atoms with Gasteiger partial charge in [-0.3, -0.25) is 4.79 Å². The highest BCUT2D eigenvalue weighted by molar-refractivity contribution is 6.31. The fraction of sp³-hybridized carbons (Fsp3) is 0.250. The van der Waals surface area contributed by atoms with Crippen LogP contribution in [0.1, 0.15) is 28.8 Å². The van der Waals surface area contributed by atoms with Gasteiger partial charge in [0.1, 0.15) is 18.2 Å². The number of aromatic nitrogens is 1. The van der Waals surface area contributed by atoms with E-state index in [0.29, 0.717) is 24.2 Å². The highest BCUT2D eigenvalue weighted by Gasteiger charge is 2.21. The number of benzene rings is 2. The summed E-state index contributed by atoms with van der Waals surface area (Å²) in [6.07, 6.45) is 3.17. The van der Waals surface area contributed by atoms with Gasteiger partial charge in [-0.2, -0.15) is 0 Å². The second kappa shape index (κ2) is 9.72. The summed E-state index contributed by atoms with van der Waals surface area (Å²) in [6, 6.07) is 10.9. The molecule has 1 fully saturated rings. The average molecular weight is 473 g/mol. The molecule has 1 aliphatic rings. The fourth-order valence-electron chi connectivity index (χ4n) is 3.67. The molecular weight excluding hydrogens is 450 g/mol. The standard InChI is InChI=1S/C24H23ClF2N4O2/c25-22-18(19(26)5-6-20(22)27)13-33-21-11-16(12-30-23(21)29)14-1-3-15(4-2-14)24(32)31-9-7-17(28)8-10-31/h1-6,11-12,17H,7-10,13,28H2,(H2,29,30). The van der Waals surface area contributed by atoms with Gasteiger partial charge in [-0.1, -0.05) is 23.7 Å². The zero-order valence-electron chi connectivity index (χ0n) is 17.7. The van der Waals surface area contributed by atoms with Crippen LogP contribution in [0.5, 0.6) is 5.75 Å². The van der Waals surface area contributed by atoms with Gasteiger partial charge in [0.15, 0.2) is 11.6 Å². The summed E-state index contributed by atoms with van der Waals surface area (Å²) in [7, 11) is 0. The van der Waals surface area contributed by atoms with Crippen LogP contribution in [-0.4, -0.2) is 34.9 Å². The molecule has 1 amide bonds. The first-order valence-electron chi connectivity index (χ1n) is 10.5. The number of amides is 1. The Hall–Kier alpha value is -3.23. The number of halogens is 3. The lowest BCUT2D eigenvalue weighted by atomic mass is 10.0. The van der Waals surface area contributed by atoms with Crippen LogP contribution in [0, 0.1) is 11.6 Å². The van der Waals surface area contributed by atoms with E-state index in [4.69, 9.17) is 27.8 Å². The number of anilines is 1. The number of nitrogen functional groups attached to an aromatic ring is 1. The van der Waals surface area contributed by atoms with Crippen LogP contribution < -0.4 is 16.2 Å².